The Balaban J connectivity index is 1.65. The average Bonchev–Trinajstić information content (AvgIpc) is 3.04. The first kappa shape index (κ1) is 17.0. The predicted octanol–water partition coefficient (Wildman–Crippen LogP) is 2.50. The smallest absolute Gasteiger partial charge is 0.304 e. The van der Waals surface area contributed by atoms with Crippen molar-refractivity contribution in [3.8, 4) is 0 Å². The molecular formula is C15H13ClFN5O3. The summed E-state index contributed by atoms with van der Waals surface area (Å²) in [7, 11) is 0. The van der Waals surface area contributed by atoms with E-state index in [1.807, 2.05) is 0 Å². The number of carbonyl (C=O) groups is 1. The highest BCUT2D eigenvalue weighted by molar-refractivity contribution is 6.30. The summed E-state index contributed by atoms with van der Waals surface area (Å²) >= 11 is 5.73. The molecule has 0 aliphatic carbocycles. The predicted molar refractivity (Wildman–Crippen MR) is 88.0 cm³/mol. The quantitative estimate of drug-likeness (QED) is 0.659. The summed E-state index contributed by atoms with van der Waals surface area (Å²) < 4.78 is 13.7. The van der Waals surface area contributed by atoms with Crippen molar-refractivity contribution in [3.05, 3.63) is 57.1 Å². The lowest BCUT2D eigenvalue weighted by Gasteiger charge is -2.17. The highest BCUT2D eigenvalue weighted by Gasteiger charge is 2.28. The molecule has 0 radical (unpaired) electrons. The Labute approximate surface area is 146 Å². The molecule has 0 saturated carbocycles. The van der Waals surface area contributed by atoms with Crippen molar-refractivity contribution in [1.29, 1.82) is 0 Å². The van der Waals surface area contributed by atoms with Crippen LogP contribution in [0.25, 0.3) is 0 Å². The van der Waals surface area contributed by atoms with E-state index in [1.54, 1.807) is 4.90 Å². The Morgan fingerprint density at radius 3 is 2.76 bits per heavy atom. The molecule has 2 heterocycles. The zero-order chi connectivity index (χ0) is 18.0. The molecule has 3 rings (SSSR count). The lowest BCUT2D eigenvalue weighted by Crippen LogP contribution is -2.32. The van der Waals surface area contributed by atoms with Crippen LogP contribution in [0.3, 0.4) is 0 Å². The number of anilines is 1. The Hall–Kier alpha value is -2.81. The maximum absolute atomic E-state index is 13.7. The van der Waals surface area contributed by atoms with E-state index in [1.165, 1.54) is 18.5 Å². The summed E-state index contributed by atoms with van der Waals surface area (Å²) in [4.78, 5) is 31.9. The number of aromatic nitrogens is 2. The van der Waals surface area contributed by atoms with Crippen molar-refractivity contribution in [1.82, 2.24) is 14.9 Å². The topological polar surface area (TPSA) is 101 Å². The minimum absolute atomic E-state index is 0.0481. The van der Waals surface area contributed by atoms with Gasteiger partial charge >= 0.3 is 5.69 Å². The number of nitro benzene ring substituents is 1. The van der Waals surface area contributed by atoms with Crippen LogP contribution in [0, 0.1) is 15.9 Å². The molecule has 0 bridgehead atoms. The minimum atomic E-state index is -1.03. The number of rotatable bonds is 4. The molecule has 8 nitrogen and oxygen atoms in total. The Morgan fingerprint density at radius 2 is 2.12 bits per heavy atom. The second-order valence-electron chi connectivity index (χ2n) is 5.53. The van der Waals surface area contributed by atoms with Gasteiger partial charge in [-0.15, -0.1) is 0 Å². The molecule has 1 N–H and O–H groups in total. The van der Waals surface area contributed by atoms with Crippen LogP contribution in [0.1, 0.15) is 16.8 Å². The van der Waals surface area contributed by atoms with E-state index in [4.69, 9.17) is 11.6 Å². The summed E-state index contributed by atoms with van der Waals surface area (Å²) in [6, 6.07) is 3.10. The number of halogens is 2. The van der Waals surface area contributed by atoms with E-state index in [0.29, 0.717) is 30.5 Å². The van der Waals surface area contributed by atoms with E-state index < -0.39 is 16.4 Å². The zero-order valence-corrected chi connectivity index (χ0v) is 13.6. The summed E-state index contributed by atoms with van der Waals surface area (Å²) in [5.74, 6) is -1.00. The van der Waals surface area contributed by atoms with E-state index in [0.717, 1.165) is 12.1 Å². The SMILES string of the molecule is O=C(c1ccc([N+](=O)[O-])c(F)c1)N1CC[C@@H](Nc2ncc(Cl)cn2)C1. The molecule has 1 aliphatic heterocycles. The normalized spacial score (nSPS) is 16.7. The molecule has 130 valence electrons. The number of benzene rings is 1. The van der Waals surface area contributed by atoms with Crippen molar-refractivity contribution in [3.63, 3.8) is 0 Å². The molecule has 0 unspecified atom stereocenters. The van der Waals surface area contributed by atoms with Gasteiger partial charge in [0.05, 0.1) is 22.3 Å². The molecule has 1 atom stereocenters. The van der Waals surface area contributed by atoms with Gasteiger partial charge in [0.1, 0.15) is 0 Å². The van der Waals surface area contributed by atoms with Gasteiger partial charge in [-0.2, -0.15) is 4.39 Å². The monoisotopic (exact) mass is 365 g/mol. The molecule has 10 heteroatoms. The van der Waals surface area contributed by atoms with Crippen LogP contribution in [0.15, 0.2) is 30.6 Å². The Bertz CT molecular complexity index is 817. The fourth-order valence-electron chi connectivity index (χ4n) is 2.60. The number of amides is 1. The van der Waals surface area contributed by atoms with E-state index in [-0.39, 0.29) is 17.5 Å². The molecule has 1 fully saturated rings. The molecular weight excluding hydrogens is 353 g/mol. The third-order valence-electron chi connectivity index (χ3n) is 3.82. The third kappa shape index (κ3) is 3.82. The summed E-state index contributed by atoms with van der Waals surface area (Å²) in [6.07, 6.45) is 3.61. The van der Waals surface area contributed by atoms with Crippen molar-refractivity contribution >= 4 is 29.1 Å². The largest absolute Gasteiger partial charge is 0.350 e. The number of hydrogen-bond donors (Lipinski definition) is 1. The van der Waals surface area contributed by atoms with Crippen LogP contribution in [0.2, 0.25) is 5.02 Å². The van der Waals surface area contributed by atoms with Gasteiger partial charge in [-0.3, -0.25) is 14.9 Å². The van der Waals surface area contributed by atoms with E-state index in [2.05, 4.69) is 15.3 Å². The molecule has 1 amide bonds. The lowest BCUT2D eigenvalue weighted by atomic mass is 10.1. The van der Waals surface area contributed by atoms with Crippen molar-refractivity contribution in [2.45, 2.75) is 12.5 Å². The molecule has 1 saturated heterocycles. The Morgan fingerprint density at radius 1 is 1.40 bits per heavy atom. The Kier molecular flexibility index (Phi) is 4.75. The summed E-state index contributed by atoms with van der Waals surface area (Å²) in [6.45, 7) is 0.867. The average molecular weight is 366 g/mol. The highest BCUT2D eigenvalue weighted by Crippen LogP contribution is 2.21. The summed E-state index contributed by atoms with van der Waals surface area (Å²) in [5.41, 5.74) is -0.580. The van der Waals surface area contributed by atoms with Gasteiger partial charge in [0.25, 0.3) is 5.91 Å². The molecule has 1 aromatic heterocycles. The van der Waals surface area contributed by atoms with Gasteiger partial charge in [-0.25, -0.2) is 9.97 Å². The van der Waals surface area contributed by atoms with Crippen LogP contribution in [0.5, 0.6) is 0 Å². The molecule has 25 heavy (non-hydrogen) atoms. The number of hydrogen-bond acceptors (Lipinski definition) is 6. The first-order valence-electron chi connectivity index (χ1n) is 7.41. The zero-order valence-electron chi connectivity index (χ0n) is 12.9. The number of nitro groups is 1. The lowest BCUT2D eigenvalue weighted by molar-refractivity contribution is -0.387. The number of nitrogens with zero attached hydrogens (tertiary/aromatic N) is 4. The van der Waals surface area contributed by atoms with Crippen LogP contribution in [-0.2, 0) is 0 Å². The number of carbonyl (C=O) groups excluding carboxylic acids is 1. The van der Waals surface area contributed by atoms with Gasteiger partial charge in [0.15, 0.2) is 0 Å². The standard InChI is InChI=1S/C15H13ClFN5O3/c16-10-6-18-15(19-7-10)20-11-3-4-21(8-11)14(23)9-1-2-13(22(24)25)12(17)5-9/h1-2,5-7,11H,3-4,8H2,(H,18,19,20)/t11-/m1/s1. The third-order valence-corrected chi connectivity index (χ3v) is 4.02. The fourth-order valence-corrected chi connectivity index (χ4v) is 2.70. The van der Waals surface area contributed by atoms with Crippen LogP contribution in [0.4, 0.5) is 16.0 Å². The second kappa shape index (κ2) is 6.98. The molecule has 0 spiro atoms. The van der Waals surface area contributed by atoms with Gasteiger partial charge in [-0.1, -0.05) is 11.6 Å². The maximum atomic E-state index is 13.7. The van der Waals surface area contributed by atoms with E-state index in [9.17, 15) is 19.3 Å². The van der Waals surface area contributed by atoms with Gasteiger partial charge < -0.3 is 10.2 Å². The number of nitrogens with one attached hydrogen (secondary N) is 1. The highest BCUT2D eigenvalue weighted by atomic mass is 35.5. The van der Waals surface area contributed by atoms with Crippen molar-refractivity contribution < 1.29 is 14.1 Å². The molecule has 1 aliphatic rings. The first-order valence-corrected chi connectivity index (χ1v) is 7.79. The molecule has 2 aromatic rings. The van der Waals surface area contributed by atoms with Crippen LogP contribution in [-0.4, -0.2) is 44.8 Å². The van der Waals surface area contributed by atoms with E-state index >= 15 is 0 Å². The second-order valence-corrected chi connectivity index (χ2v) is 5.97. The van der Waals surface area contributed by atoms with Gasteiger partial charge in [-0.05, 0) is 18.6 Å². The van der Waals surface area contributed by atoms with Gasteiger partial charge in [0.2, 0.25) is 11.8 Å². The molecule has 1 aromatic carbocycles. The fraction of sp³-hybridized carbons (Fsp3) is 0.267. The first-order chi connectivity index (χ1) is 11.9. The maximum Gasteiger partial charge on any atom is 0.304 e. The summed E-state index contributed by atoms with van der Waals surface area (Å²) in [5, 5.41) is 14.2. The minimum Gasteiger partial charge on any atom is -0.350 e. The van der Waals surface area contributed by atoms with Gasteiger partial charge in [0, 0.05) is 30.8 Å². The van der Waals surface area contributed by atoms with Crippen LogP contribution >= 0.6 is 11.6 Å². The number of likely N-dealkylation sites (tertiary alicyclic amines) is 1. The van der Waals surface area contributed by atoms with Crippen molar-refractivity contribution in [2.24, 2.45) is 0 Å². The van der Waals surface area contributed by atoms with Crippen LogP contribution < -0.4 is 5.32 Å². The van der Waals surface area contributed by atoms with Crippen molar-refractivity contribution in [2.75, 3.05) is 18.4 Å².